The first kappa shape index (κ1) is 38.1. The zero-order chi connectivity index (χ0) is 33.9. The Bertz CT molecular complexity index is 1150. The summed E-state index contributed by atoms with van der Waals surface area (Å²) in [7, 11) is 2.29. The first-order chi connectivity index (χ1) is 20.1. The van der Waals surface area contributed by atoms with Crippen molar-refractivity contribution in [1.82, 2.24) is 14.8 Å². The van der Waals surface area contributed by atoms with Gasteiger partial charge in [-0.3, -0.25) is 9.88 Å². The molecule has 3 N–H and O–H groups in total. The number of alkyl halides is 9. The molecule has 9 nitrogen and oxygen atoms in total. The van der Waals surface area contributed by atoms with Gasteiger partial charge in [0.05, 0.1) is 5.69 Å². The van der Waals surface area contributed by atoms with Crippen LogP contribution in [0.4, 0.5) is 39.5 Å². The Hall–Kier alpha value is -3.93. The van der Waals surface area contributed by atoms with Crippen LogP contribution in [-0.4, -0.2) is 99.3 Å². The predicted molar refractivity (Wildman–Crippen MR) is 134 cm³/mol. The van der Waals surface area contributed by atoms with Crippen LogP contribution in [0, 0.1) is 0 Å². The second kappa shape index (κ2) is 15.7. The summed E-state index contributed by atoms with van der Waals surface area (Å²) in [5, 5.41) is 21.4. The molecule has 3 heterocycles. The van der Waals surface area contributed by atoms with Gasteiger partial charge < -0.3 is 20.2 Å². The summed E-state index contributed by atoms with van der Waals surface area (Å²) in [6.45, 7) is 4.48. The van der Waals surface area contributed by atoms with Crippen molar-refractivity contribution < 1.29 is 69.2 Å². The van der Waals surface area contributed by atoms with Crippen LogP contribution in [0.2, 0.25) is 0 Å². The molecule has 2 atom stereocenters. The summed E-state index contributed by atoms with van der Waals surface area (Å²) in [6.07, 6.45) is -10.8. The van der Waals surface area contributed by atoms with Crippen LogP contribution < -0.4 is 0 Å². The number of carboxylic acids is 3. The molecule has 0 spiro atoms. The fraction of sp³-hybridized carbons (Fsp3) is 0.462. The molecule has 2 aromatic rings. The van der Waals surface area contributed by atoms with Crippen LogP contribution in [0.15, 0.2) is 54.7 Å². The highest BCUT2D eigenvalue weighted by Crippen LogP contribution is 2.45. The molecule has 2 saturated heterocycles. The van der Waals surface area contributed by atoms with E-state index in [-0.39, 0.29) is 0 Å². The maximum atomic E-state index is 10.6. The van der Waals surface area contributed by atoms with E-state index in [0.717, 1.165) is 19.6 Å². The molecule has 1 aromatic heterocycles. The highest BCUT2D eigenvalue weighted by Gasteiger charge is 2.49. The number of nitrogens with zero attached hydrogens (tertiary/aromatic N) is 3. The molecule has 0 aliphatic carbocycles. The molecule has 1 aromatic carbocycles. The van der Waals surface area contributed by atoms with Crippen molar-refractivity contribution in [3.63, 3.8) is 0 Å². The quantitative estimate of drug-likeness (QED) is 0.401. The number of carboxylic acid groups (broad SMARTS) is 3. The molecule has 2 fully saturated rings. The summed E-state index contributed by atoms with van der Waals surface area (Å²) in [5.74, 6) is -8.27. The van der Waals surface area contributed by atoms with Crippen molar-refractivity contribution >= 4 is 17.9 Å². The van der Waals surface area contributed by atoms with Gasteiger partial charge >= 0.3 is 36.4 Å². The molecule has 2 aliphatic rings. The molecule has 2 aliphatic heterocycles. The number of benzene rings is 1. The number of hydrogen-bond donors (Lipinski definition) is 3. The van der Waals surface area contributed by atoms with Gasteiger partial charge in [-0.2, -0.15) is 39.5 Å². The number of rotatable bonds is 3. The fourth-order valence-electron chi connectivity index (χ4n) is 4.53. The summed E-state index contributed by atoms with van der Waals surface area (Å²) >= 11 is 0. The topological polar surface area (TPSA) is 131 Å². The van der Waals surface area contributed by atoms with E-state index in [9.17, 15) is 39.5 Å². The molecular formula is C26H28F9N3O6. The van der Waals surface area contributed by atoms with Crippen LogP contribution in [0.1, 0.15) is 24.1 Å². The minimum Gasteiger partial charge on any atom is -0.475 e. The Balaban J connectivity index is 0.000000379. The Morgan fingerprint density at radius 3 is 1.61 bits per heavy atom. The van der Waals surface area contributed by atoms with Gasteiger partial charge in [0.1, 0.15) is 0 Å². The second-order valence-electron chi connectivity index (χ2n) is 9.48. The maximum absolute atomic E-state index is 10.6. The van der Waals surface area contributed by atoms with E-state index < -0.39 is 36.4 Å². The molecule has 0 radical (unpaired) electrons. The number of pyridine rings is 1. The van der Waals surface area contributed by atoms with E-state index in [0.29, 0.717) is 11.5 Å². The molecule has 4 rings (SSSR count). The third-order valence-corrected chi connectivity index (χ3v) is 6.57. The zero-order valence-corrected chi connectivity index (χ0v) is 22.8. The lowest BCUT2D eigenvalue weighted by Gasteiger charge is -2.46. The number of piperidine rings is 1. The van der Waals surface area contributed by atoms with Gasteiger partial charge in [0.2, 0.25) is 0 Å². The van der Waals surface area contributed by atoms with Crippen molar-refractivity contribution in [2.45, 2.75) is 49.4 Å². The standard InChI is InChI=1S/C20H25N3.3C2HF3O2/c1-22-13-10-20(17-7-3-2-4-8-17)11-14-23(16-19(20)22)15-18-9-5-6-12-21-18;3*3-2(4,5)1(6)7/h2-9,12,19H,10-11,13-16H2,1H3;3*(H,6,7). The fourth-order valence-corrected chi connectivity index (χ4v) is 4.53. The molecule has 2 unspecified atom stereocenters. The number of fused-ring (bicyclic) bond motifs is 1. The Kier molecular flexibility index (Phi) is 13.6. The van der Waals surface area contributed by atoms with Gasteiger partial charge in [0, 0.05) is 30.7 Å². The van der Waals surface area contributed by atoms with Crippen LogP contribution in [0.5, 0.6) is 0 Å². The second-order valence-corrected chi connectivity index (χ2v) is 9.48. The van der Waals surface area contributed by atoms with Gasteiger partial charge in [-0.25, -0.2) is 14.4 Å². The van der Waals surface area contributed by atoms with E-state index in [1.807, 2.05) is 12.3 Å². The molecular weight excluding hydrogens is 621 g/mol. The zero-order valence-electron chi connectivity index (χ0n) is 22.8. The number of halogens is 9. The first-order valence-corrected chi connectivity index (χ1v) is 12.4. The smallest absolute Gasteiger partial charge is 0.475 e. The summed E-state index contributed by atoms with van der Waals surface area (Å²) < 4.78 is 95.2. The van der Waals surface area contributed by atoms with Crippen LogP contribution >= 0.6 is 0 Å². The summed E-state index contributed by atoms with van der Waals surface area (Å²) in [5.41, 5.74) is 3.06. The Morgan fingerprint density at radius 2 is 1.20 bits per heavy atom. The number of aliphatic carboxylic acids is 3. The van der Waals surface area contributed by atoms with Crippen molar-refractivity contribution in [2.24, 2.45) is 0 Å². The van der Waals surface area contributed by atoms with Gasteiger partial charge in [-0.15, -0.1) is 0 Å². The van der Waals surface area contributed by atoms with E-state index in [1.165, 1.54) is 30.6 Å². The average molecular weight is 650 g/mol. The Labute approximate surface area is 244 Å². The molecule has 0 amide bonds. The third kappa shape index (κ3) is 12.0. The normalized spacial score (nSPS) is 20.4. The molecule has 0 bridgehead atoms. The van der Waals surface area contributed by atoms with Crippen LogP contribution in [0.3, 0.4) is 0 Å². The van der Waals surface area contributed by atoms with Crippen molar-refractivity contribution in [1.29, 1.82) is 0 Å². The SMILES string of the molecule is CN1CCC2(c3ccccc3)CCN(Cc3ccccn3)CC12.O=C(O)C(F)(F)F.O=C(O)C(F)(F)F.O=C(O)C(F)(F)F. The van der Waals surface area contributed by atoms with Gasteiger partial charge in [0.15, 0.2) is 0 Å². The Morgan fingerprint density at radius 1 is 0.773 bits per heavy atom. The summed E-state index contributed by atoms with van der Waals surface area (Å²) in [6, 6.07) is 18.0. The lowest BCUT2D eigenvalue weighted by Crippen LogP contribution is -2.54. The van der Waals surface area contributed by atoms with E-state index in [4.69, 9.17) is 29.7 Å². The number of hydrogen-bond acceptors (Lipinski definition) is 6. The highest BCUT2D eigenvalue weighted by molar-refractivity contribution is 5.73. The van der Waals surface area contributed by atoms with Crippen LogP contribution in [0.25, 0.3) is 0 Å². The minimum atomic E-state index is -5.08. The number of likely N-dealkylation sites (N-methyl/N-ethyl adjacent to an activating group) is 1. The number of aromatic nitrogens is 1. The minimum absolute atomic E-state index is 0.344. The maximum Gasteiger partial charge on any atom is 0.490 e. The van der Waals surface area contributed by atoms with E-state index >= 15 is 0 Å². The molecule has 0 saturated carbocycles. The van der Waals surface area contributed by atoms with Crippen molar-refractivity contribution in [3.8, 4) is 0 Å². The summed E-state index contributed by atoms with van der Waals surface area (Å²) in [4.78, 5) is 36.3. The molecule has 246 valence electrons. The molecule has 44 heavy (non-hydrogen) atoms. The first-order valence-electron chi connectivity index (χ1n) is 12.4. The highest BCUT2D eigenvalue weighted by atomic mass is 19.4. The van der Waals surface area contributed by atoms with Gasteiger partial charge in [-0.05, 0) is 50.7 Å². The van der Waals surface area contributed by atoms with Crippen molar-refractivity contribution in [3.05, 3.63) is 66.0 Å². The predicted octanol–water partition coefficient (Wildman–Crippen LogP) is 4.83. The molecule has 18 heteroatoms. The monoisotopic (exact) mass is 649 g/mol. The third-order valence-electron chi connectivity index (χ3n) is 6.57. The van der Waals surface area contributed by atoms with Gasteiger partial charge in [-0.1, -0.05) is 36.4 Å². The average Bonchev–Trinajstić information content (AvgIpc) is 3.26. The number of carbonyl (C=O) groups is 3. The lowest BCUT2D eigenvalue weighted by atomic mass is 9.69. The van der Waals surface area contributed by atoms with Gasteiger partial charge in [0.25, 0.3) is 0 Å². The number of likely N-dealkylation sites (tertiary alicyclic amines) is 2. The van der Waals surface area contributed by atoms with Crippen LogP contribution in [-0.2, 0) is 26.3 Å². The lowest BCUT2D eigenvalue weighted by molar-refractivity contribution is -0.193. The van der Waals surface area contributed by atoms with Crippen molar-refractivity contribution in [2.75, 3.05) is 26.7 Å². The van der Waals surface area contributed by atoms with E-state index in [1.54, 1.807) is 0 Å². The van der Waals surface area contributed by atoms with E-state index in [2.05, 4.69) is 64.3 Å². The largest absolute Gasteiger partial charge is 0.490 e.